The lowest BCUT2D eigenvalue weighted by Crippen LogP contribution is -2.03. The van der Waals surface area contributed by atoms with Crippen LogP contribution >= 0.6 is 43.2 Å². The molecule has 2 rings (SSSR count). The molecule has 0 atom stereocenters. The summed E-state index contributed by atoms with van der Waals surface area (Å²) in [6.45, 7) is 0.403. The Hall–Kier alpha value is -0.850. The van der Waals surface area contributed by atoms with E-state index in [2.05, 4.69) is 37.9 Å². The van der Waals surface area contributed by atoms with E-state index < -0.39 is 0 Å². The maximum absolute atomic E-state index is 11.6. The summed E-state index contributed by atoms with van der Waals surface area (Å²) in [5.41, 5.74) is 2.24. The van der Waals surface area contributed by atoms with Crippen molar-refractivity contribution in [2.45, 2.75) is 11.9 Å². The van der Waals surface area contributed by atoms with Crippen LogP contribution in [0.3, 0.4) is 0 Å². The highest BCUT2D eigenvalue weighted by molar-refractivity contribution is 9.10. The van der Waals surface area contributed by atoms with Gasteiger partial charge in [0.15, 0.2) is 10.6 Å². The van der Waals surface area contributed by atoms with E-state index in [1.165, 1.54) is 24.0 Å². The van der Waals surface area contributed by atoms with Gasteiger partial charge in [-0.3, -0.25) is 0 Å². The van der Waals surface area contributed by atoms with Crippen molar-refractivity contribution >= 4 is 49.2 Å². The van der Waals surface area contributed by atoms with Crippen molar-refractivity contribution in [2.24, 2.45) is 0 Å². The number of thiophene rings is 1. The highest BCUT2D eigenvalue weighted by atomic mass is 79.9. The molecule has 0 aliphatic carbocycles. The van der Waals surface area contributed by atoms with Gasteiger partial charge >= 0.3 is 5.97 Å². The summed E-state index contributed by atoms with van der Waals surface area (Å²) in [6.07, 6.45) is 0. The average Bonchev–Trinajstić information content (AvgIpc) is 2.85. The minimum Gasteiger partial charge on any atom is -0.486 e. The van der Waals surface area contributed by atoms with E-state index in [1.807, 2.05) is 23.6 Å². The Morgan fingerprint density at radius 3 is 2.80 bits per heavy atom. The number of rotatable bonds is 5. The normalized spacial score (nSPS) is 10.3. The molecule has 0 N–H and O–H groups in total. The highest BCUT2D eigenvalue weighted by Gasteiger charge is 2.19. The number of halogens is 2. The summed E-state index contributed by atoms with van der Waals surface area (Å²) in [5, 5.41) is 2.62. The van der Waals surface area contributed by atoms with Gasteiger partial charge in [0.05, 0.1) is 11.6 Å². The van der Waals surface area contributed by atoms with Gasteiger partial charge in [-0.15, -0.1) is 11.3 Å². The van der Waals surface area contributed by atoms with Gasteiger partial charge in [0.25, 0.3) is 0 Å². The predicted molar refractivity (Wildman–Crippen MR) is 86.8 cm³/mol. The van der Waals surface area contributed by atoms with Gasteiger partial charge in [-0.05, 0) is 27.1 Å². The van der Waals surface area contributed by atoms with Gasteiger partial charge < -0.3 is 9.47 Å². The van der Waals surface area contributed by atoms with E-state index in [-0.39, 0.29) is 5.97 Å². The average molecular weight is 420 g/mol. The minimum atomic E-state index is -0.384. The van der Waals surface area contributed by atoms with Crippen molar-refractivity contribution in [1.29, 1.82) is 0 Å². The van der Waals surface area contributed by atoms with Gasteiger partial charge in [-0.1, -0.05) is 40.2 Å². The number of hydrogen-bond acceptors (Lipinski definition) is 4. The first-order chi connectivity index (χ1) is 9.65. The third-order valence-electron chi connectivity index (χ3n) is 2.60. The van der Waals surface area contributed by atoms with Gasteiger partial charge in [-0.2, -0.15) is 0 Å². The number of ether oxygens (including phenoxy) is 2. The molecule has 0 amide bonds. The standard InChI is InChI=1S/C14H12Br2O3S/c1-18-14(17)13-12(11(16)8-20-13)19-7-10-4-2-3-9(5-10)6-15/h2-5,8H,6-7H2,1H3. The molecule has 0 fully saturated rings. The highest BCUT2D eigenvalue weighted by Crippen LogP contribution is 2.36. The molecule has 0 saturated carbocycles. The Morgan fingerprint density at radius 2 is 2.10 bits per heavy atom. The van der Waals surface area contributed by atoms with Crippen molar-refractivity contribution in [1.82, 2.24) is 0 Å². The van der Waals surface area contributed by atoms with Gasteiger partial charge in [0.2, 0.25) is 0 Å². The number of hydrogen-bond donors (Lipinski definition) is 0. The summed E-state index contributed by atoms with van der Waals surface area (Å²) in [7, 11) is 1.36. The Morgan fingerprint density at radius 1 is 1.35 bits per heavy atom. The third-order valence-corrected chi connectivity index (χ3v) is 5.08. The second-order valence-electron chi connectivity index (χ2n) is 3.98. The molecule has 0 aliphatic rings. The fraction of sp³-hybridized carbons (Fsp3) is 0.214. The number of alkyl halides is 1. The molecule has 3 nitrogen and oxygen atoms in total. The summed E-state index contributed by atoms with van der Waals surface area (Å²) >= 11 is 8.11. The fourth-order valence-corrected chi connectivity index (χ4v) is 3.51. The molecule has 0 radical (unpaired) electrons. The van der Waals surface area contributed by atoms with Crippen LogP contribution in [0.4, 0.5) is 0 Å². The van der Waals surface area contributed by atoms with E-state index in [0.717, 1.165) is 15.4 Å². The molecule has 2 aromatic rings. The predicted octanol–water partition coefficient (Wildman–Crippen LogP) is 4.77. The topological polar surface area (TPSA) is 35.5 Å². The number of esters is 1. The quantitative estimate of drug-likeness (QED) is 0.517. The first-order valence-electron chi connectivity index (χ1n) is 5.77. The lowest BCUT2D eigenvalue weighted by molar-refractivity contribution is 0.0601. The van der Waals surface area contributed by atoms with Gasteiger partial charge in [0.1, 0.15) is 6.61 Å². The van der Waals surface area contributed by atoms with Gasteiger partial charge in [0, 0.05) is 10.7 Å². The van der Waals surface area contributed by atoms with Gasteiger partial charge in [-0.25, -0.2) is 4.79 Å². The molecule has 6 heteroatoms. The Labute approximate surface area is 138 Å². The second kappa shape index (κ2) is 7.24. The molecule has 20 heavy (non-hydrogen) atoms. The molecule has 1 aromatic heterocycles. The van der Waals surface area contributed by atoms with Crippen molar-refractivity contribution in [2.75, 3.05) is 7.11 Å². The van der Waals surface area contributed by atoms with Crippen LogP contribution in [0.2, 0.25) is 0 Å². The number of benzene rings is 1. The Bertz CT molecular complexity index is 610. The Kier molecular flexibility index (Phi) is 5.63. The molecule has 0 bridgehead atoms. The molecule has 0 unspecified atom stereocenters. The molecule has 1 aromatic carbocycles. The number of carbonyl (C=O) groups is 1. The smallest absolute Gasteiger partial charge is 0.351 e. The summed E-state index contributed by atoms with van der Waals surface area (Å²) in [6, 6.07) is 8.08. The van der Waals surface area contributed by atoms with E-state index in [4.69, 9.17) is 9.47 Å². The second-order valence-corrected chi connectivity index (χ2v) is 6.27. The summed E-state index contributed by atoms with van der Waals surface area (Å²) < 4.78 is 11.3. The minimum absolute atomic E-state index is 0.384. The zero-order valence-corrected chi connectivity index (χ0v) is 14.7. The SMILES string of the molecule is COC(=O)c1scc(Br)c1OCc1cccc(CBr)c1. The van der Waals surface area contributed by atoms with Crippen molar-refractivity contribution in [3.05, 3.63) is 50.1 Å². The van der Waals surface area contributed by atoms with Crippen molar-refractivity contribution in [3.8, 4) is 5.75 Å². The van der Waals surface area contributed by atoms with Crippen LogP contribution in [0.25, 0.3) is 0 Å². The van der Waals surface area contributed by atoms with Crippen LogP contribution in [-0.2, 0) is 16.7 Å². The van der Waals surface area contributed by atoms with Crippen LogP contribution in [0.15, 0.2) is 34.1 Å². The van der Waals surface area contributed by atoms with E-state index >= 15 is 0 Å². The van der Waals surface area contributed by atoms with Crippen LogP contribution in [0, 0.1) is 0 Å². The van der Waals surface area contributed by atoms with Crippen LogP contribution < -0.4 is 4.74 Å². The van der Waals surface area contributed by atoms with E-state index in [1.54, 1.807) is 0 Å². The largest absolute Gasteiger partial charge is 0.486 e. The van der Waals surface area contributed by atoms with Crippen LogP contribution in [-0.4, -0.2) is 13.1 Å². The summed E-state index contributed by atoms with van der Waals surface area (Å²) in [4.78, 5) is 12.1. The lowest BCUT2D eigenvalue weighted by Gasteiger charge is -2.08. The third kappa shape index (κ3) is 3.62. The maximum Gasteiger partial charge on any atom is 0.351 e. The first kappa shape index (κ1) is 15.5. The van der Waals surface area contributed by atoms with Crippen LogP contribution in [0.1, 0.15) is 20.8 Å². The number of carbonyl (C=O) groups excluding carboxylic acids is 1. The van der Waals surface area contributed by atoms with Crippen molar-refractivity contribution < 1.29 is 14.3 Å². The molecule has 0 aliphatic heterocycles. The van der Waals surface area contributed by atoms with Crippen molar-refractivity contribution in [3.63, 3.8) is 0 Å². The molecule has 0 spiro atoms. The lowest BCUT2D eigenvalue weighted by atomic mass is 10.1. The maximum atomic E-state index is 11.6. The summed E-state index contributed by atoms with van der Waals surface area (Å²) in [5.74, 6) is 0.149. The molecule has 1 heterocycles. The molecule has 0 saturated heterocycles. The van der Waals surface area contributed by atoms with E-state index in [9.17, 15) is 4.79 Å². The number of methoxy groups -OCH3 is 1. The monoisotopic (exact) mass is 418 g/mol. The molecular formula is C14H12Br2O3S. The zero-order chi connectivity index (χ0) is 14.5. The fourth-order valence-electron chi connectivity index (χ4n) is 1.65. The Balaban J connectivity index is 2.14. The zero-order valence-electron chi connectivity index (χ0n) is 10.7. The molecule has 106 valence electrons. The first-order valence-corrected chi connectivity index (χ1v) is 8.57. The van der Waals surface area contributed by atoms with E-state index in [0.29, 0.717) is 17.2 Å². The van der Waals surface area contributed by atoms with Crippen LogP contribution in [0.5, 0.6) is 5.75 Å². The molecular weight excluding hydrogens is 408 g/mol.